The number of nitrogens with zero attached hydrogens (tertiary/aromatic N) is 1. The van der Waals surface area contributed by atoms with E-state index in [1.54, 1.807) is 0 Å². The highest BCUT2D eigenvalue weighted by molar-refractivity contribution is 6.00. The monoisotopic (exact) mass is 274 g/mol. The Balaban J connectivity index is 1.87. The predicted molar refractivity (Wildman–Crippen MR) is 83.4 cm³/mol. The summed E-state index contributed by atoms with van der Waals surface area (Å²) in [6.45, 7) is 3.90. The molecule has 0 heterocycles. The minimum Gasteiger partial charge on any atom is -0.309 e. The number of benzene rings is 1. The SMILES string of the molecule is CC(NCCCN(C)C)C(=O)c1ccc2c(c1)CCC2. The van der Waals surface area contributed by atoms with E-state index in [2.05, 4.69) is 36.4 Å². The molecule has 0 radical (unpaired) electrons. The lowest BCUT2D eigenvalue weighted by molar-refractivity contribution is 0.0950. The number of aryl methyl sites for hydroxylation is 2. The molecule has 1 aromatic rings. The highest BCUT2D eigenvalue weighted by Gasteiger charge is 2.17. The van der Waals surface area contributed by atoms with Crippen LogP contribution in [0.25, 0.3) is 0 Å². The molecule has 0 fully saturated rings. The summed E-state index contributed by atoms with van der Waals surface area (Å²) in [7, 11) is 4.14. The van der Waals surface area contributed by atoms with E-state index in [9.17, 15) is 4.79 Å². The van der Waals surface area contributed by atoms with Gasteiger partial charge in [0.1, 0.15) is 0 Å². The summed E-state index contributed by atoms with van der Waals surface area (Å²) in [4.78, 5) is 14.6. The summed E-state index contributed by atoms with van der Waals surface area (Å²) in [5.74, 6) is 0.213. The first-order valence-corrected chi connectivity index (χ1v) is 7.62. The molecular weight excluding hydrogens is 248 g/mol. The molecular formula is C17H26N2O. The molecule has 3 nitrogen and oxygen atoms in total. The molecule has 0 saturated carbocycles. The Hall–Kier alpha value is -1.19. The van der Waals surface area contributed by atoms with Crippen LogP contribution in [-0.2, 0) is 12.8 Å². The van der Waals surface area contributed by atoms with Gasteiger partial charge in [0.25, 0.3) is 0 Å². The molecule has 1 N–H and O–H groups in total. The molecule has 1 unspecified atom stereocenters. The van der Waals surface area contributed by atoms with Crippen molar-refractivity contribution in [3.63, 3.8) is 0 Å². The fourth-order valence-electron chi connectivity index (χ4n) is 2.78. The van der Waals surface area contributed by atoms with Gasteiger partial charge < -0.3 is 10.2 Å². The number of hydrogen-bond acceptors (Lipinski definition) is 3. The number of Topliss-reactive ketones (excluding diaryl/α,β-unsaturated/α-hetero) is 1. The smallest absolute Gasteiger partial charge is 0.179 e. The highest BCUT2D eigenvalue weighted by Crippen LogP contribution is 2.23. The fraction of sp³-hybridized carbons (Fsp3) is 0.588. The Morgan fingerprint density at radius 1 is 1.30 bits per heavy atom. The third kappa shape index (κ3) is 3.90. The molecule has 20 heavy (non-hydrogen) atoms. The van der Waals surface area contributed by atoms with Crippen LogP contribution in [0.4, 0.5) is 0 Å². The Morgan fingerprint density at radius 3 is 2.80 bits per heavy atom. The lowest BCUT2D eigenvalue weighted by atomic mass is 10.0. The number of nitrogens with one attached hydrogen (secondary N) is 1. The van der Waals surface area contributed by atoms with Crippen LogP contribution in [0.15, 0.2) is 18.2 Å². The van der Waals surface area contributed by atoms with Crippen LogP contribution in [0.2, 0.25) is 0 Å². The van der Waals surface area contributed by atoms with E-state index in [1.165, 1.54) is 24.0 Å². The van der Waals surface area contributed by atoms with Crippen molar-refractivity contribution in [2.75, 3.05) is 27.2 Å². The Labute approximate surface area is 122 Å². The largest absolute Gasteiger partial charge is 0.309 e. The van der Waals surface area contributed by atoms with Gasteiger partial charge in [-0.05, 0) is 77.0 Å². The quantitative estimate of drug-likeness (QED) is 0.611. The van der Waals surface area contributed by atoms with Crippen molar-refractivity contribution in [3.05, 3.63) is 34.9 Å². The van der Waals surface area contributed by atoms with E-state index in [0.717, 1.165) is 31.5 Å². The van der Waals surface area contributed by atoms with Gasteiger partial charge in [-0.1, -0.05) is 12.1 Å². The molecule has 0 amide bonds. The minimum atomic E-state index is -0.100. The summed E-state index contributed by atoms with van der Waals surface area (Å²) in [5.41, 5.74) is 3.65. The standard InChI is InChI=1S/C17H26N2O/c1-13(18-10-5-11-19(2)3)17(20)16-9-8-14-6-4-7-15(14)12-16/h8-9,12-13,18H,4-7,10-11H2,1-3H3. The number of carbonyl (C=O) groups excluding carboxylic acids is 1. The van der Waals surface area contributed by atoms with Crippen LogP contribution in [0, 0.1) is 0 Å². The lowest BCUT2D eigenvalue weighted by Crippen LogP contribution is -2.35. The van der Waals surface area contributed by atoms with Crippen molar-refractivity contribution < 1.29 is 4.79 Å². The van der Waals surface area contributed by atoms with E-state index in [0.29, 0.717) is 0 Å². The normalized spacial score (nSPS) is 15.4. The molecule has 0 aliphatic heterocycles. The molecule has 0 aromatic heterocycles. The number of ketones is 1. The molecule has 1 aromatic carbocycles. The molecule has 0 saturated heterocycles. The molecule has 3 heteroatoms. The van der Waals surface area contributed by atoms with Gasteiger partial charge in [0.05, 0.1) is 6.04 Å². The van der Waals surface area contributed by atoms with Crippen molar-refractivity contribution in [1.29, 1.82) is 0 Å². The van der Waals surface area contributed by atoms with Crippen molar-refractivity contribution in [2.45, 2.75) is 38.6 Å². The second kappa shape index (κ2) is 7.00. The first kappa shape index (κ1) is 15.2. The van der Waals surface area contributed by atoms with E-state index >= 15 is 0 Å². The molecule has 1 aliphatic carbocycles. The van der Waals surface area contributed by atoms with Crippen LogP contribution >= 0.6 is 0 Å². The van der Waals surface area contributed by atoms with Gasteiger partial charge >= 0.3 is 0 Å². The molecule has 110 valence electrons. The molecule has 0 bridgehead atoms. The first-order chi connectivity index (χ1) is 9.58. The highest BCUT2D eigenvalue weighted by atomic mass is 16.1. The Kier molecular flexibility index (Phi) is 5.32. The topological polar surface area (TPSA) is 32.3 Å². The summed E-state index contributed by atoms with van der Waals surface area (Å²) in [5, 5.41) is 3.33. The maximum absolute atomic E-state index is 12.4. The minimum absolute atomic E-state index is 0.100. The molecule has 2 rings (SSSR count). The zero-order chi connectivity index (χ0) is 14.5. The van der Waals surface area contributed by atoms with E-state index in [4.69, 9.17) is 0 Å². The van der Waals surface area contributed by atoms with Gasteiger partial charge in [0, 0.05) is 5.56 Å². The third-order valence-corrected chi connectivity index (χ3v) is 4.01. The van der Waals surface area contributed by atoms with Crippen molar-refractivity contribution in [1.82, 2.24) is 10.2 Å². The van der Waals surface area contributed by atoms with Crippen LogP contribution in [-0.4, -0.2) is 43.9 Å². The van der Waals surface area contributed by atoms with Crippen LogP contribution in [0.1, 0.15) is 41.3 Å². The second-order valence-electron chi connectivity index (χ2n) is 6.03. The molecule has 0 spiro atoms. The summed E-state index contributed by atoms with van der Waals surface area (Å²) in [6.07, 6.45) is 4.59. The Morgan fingerprint density at radius 2 is 2.05 bits per heavy atom. The average Bonchev–Trinajstić information content (AvgIpc) is 2.89. The maximum Gasteiger partial charge on any atom is 0.179 e. The zero-order valence-corrected chi connectivity index (χ0v) is 12.9. The third-order valence-electron chi connectivity index (χ3n) is 4.01. The first-order valence-electron chi connectivity index (χ1n) is 7.62. The van der Waals surface area contributed by atoms with E-state index in [1.807, 2.05) is 13.0 Å². The van der Waals surface area contributed by atoms with Crippen molar-refractivity contribution in [3.8, 4) is 0 Å². The van der Waals surface area contributed by atoms with Gasteiger partial charge in [0.15, 0.2) is 5.78 Å². The number of fused-ring (bicyclic) bond motifs is 1. The van der Waals surface area contributed by atoms with E-state index in [-0.39, 0.29) is 11.8 Å². The van der Waals surface area contributed by atoms with Crippen LogP contribution < -0.4 is 5.32 Å². The summed E-state index contributed by atoms with van der Waals surface area (Å²) < 4.78 is 0. The van der Waals surface area contributed by atoms with Crippen LogP contribution in [0.5, 0.6) is 0 Å². The summed E-state index contributed by atoms with van der Waals surface area (Å²) >= 11 is 0. The predicted octanol–water partition coefficient (Wildman–Crippen LogP) is 2.29. The number of carbonyl (C=O) groups is 1. The van der Waals surface area contributed by atoms with Gasteiger partial charge in [-0.25, -0.2) is 0 Å². The fourth-order valence-corrected chi connectivity index (χ4v) is 2.78. The second-order valence-corrected chi connectivity index (χ2v) is 6.03. The van der Waals surface area contributed by atoms with Crippen molar-refractivity contribution >= 4 is 5.78 Å². The molecule has 1 aliphatic rings. The van der Waals surface area contributed by atoms with Gasteiger partial charge in [-0.3, -0.25) is 4.79 Å². The maximum atomic E-state index is 12.4. The van der Waals surface area contributed by atoms with Gasteiger partial charge in [0.2, 0.25) is 0 Å². The average molecular weight is 274 g/mol. The lowest BCUT2D eigenvalue weighted by Gasteiger charge is -2.15. The van der Waals surface area contributed by atoms with Gasteiger partial charge in [-0.15, -0.1) is 0 Å². The van der Waals surface area contributed by atoms with Gasteiger partial charge in [-0.2, -0.15) is 0 Å². The number of hydrogen-bond donors (Lipinski definition) is 1. The van der Waals surface area contributed by atoms with Crippen molar-refractivity contribution in [2.24, 2.45) is 0 Å². The van der Waals surface area contributed by atoms with Crippen LogP contribution in [0.3, 0.4) is 0 Å². The number of rotatable bonds is 7. The Bertz CT molecular complexity index is 468. The molecule has 1 atom stereocenters. The zero-order valence-electron chi connectivity index (χ0n) is 12.9. The van der Waals surface area contributed by atoms with E-state index < -0.39 is 0 Å². The summed E-state index contributed by atoms with van der Waals surface area (Å²) in [6, 6.07) is 6.12.